The molecule has 2 heterocycles. The molecule has 2 aromatic rings. The number of rotatable bonds is 5. The second kappa shape index (κ2) is 6.47. The number of hydrogen-bond acceptors (Lipinski definition) is 5. The van der Waals surface area contributed by atoms with Gasteiger partial charge in [-0.3, -0.25) is 0 Å². The predicted octanol–water partition coefficient (Wildman–Crippen LogP) is 1.25. The Bertz CT molecular complexity index is 521. The number of benzene rings is 1. The fraction of sp³-hybridized carbons (Fsp3) is 0.500. The summed E-state index contributed by atoms with van der Waals surface area (Å²) in [5, 5.41) is 15.3. The minimum Gasteiger partial charge on any atom is -0.486 e. The highest BCUT2D eigenvalue weighted by Gasteiger charge is 2.16. The van der Waals surface area contributed by atoms with Crippen molar-refractivity contribution in [2.24, 2.45) is 5.92 Å². The number of hydrogen-bond donors (Lipinski definition) is 1. The molecule has 1 N–H and O–H groups in total. The van der Waals surface area contributed by atoms with Crippen molar-refractivity contribution in [3.8, 4) is 5.75 Å². The van der Waals surface area contributed by atoms with Crippen LogP contribution in [0.5, 0.6) is 5.75 Å². The van der Waals surface area contributed by atoms with Crippen LogP contribution in [0.3, 0.4) is 0 Å². The molecule has 0 aliphatic carbocycles. The lowest BCUT2D eigenvalue weighted by Gasteiger charge is -2.22. The summed E-state index contributed by atoms with van der Waals surface area (Å²) in [7, 11) is 0. The second-order valence-electron chi connectivity index (χ2n) is 5.07. The quantitative estimate of drug-likeness (QED) is 0.888. The van der Waals surface area contributed by atoms with Gasteiger partial charge in [0, 0.05) is 6.54 Å². The van der Waals surface area contributed by atoms with E-state index in [4.69, 9.17) is 4.74 Å². The molecule has 6 heteroatoms. The Morgan fingerprint density at radius 3 is 2.80 bits per heavy atom. The Hall–Kier alpha value is -1.95. The van der Waals surface area contributed by atoms with Gasteiger partial charge >= 0.3 is 0 Å². The topological polar surface area (TPSA) is 64.9 Å². The lowest BCUT2D eigenvalue weighted by atomic mass is 9.98. The van der Waals surface area contributed by atoms with Crippen molar-refractivity contribution < 1.29 is 4.74 Å². The van der Waals surface area contributed by atoms with E-state index in [0.717, 1.165) is 31.2 Å². The summed E-state index contributed by atoms with van der Waals surface area (Å²) >= 11 is 0. The average Bonchev–Trinajstić information content (AvgIpc) is 2.94. The zero-order chi connectivity index (χ0) is 13.6. The summed E-state index contributed by atoms with van der Waals surface area (Å²) < 4.78 is 7.58. The molecule has 0 atom stereocenters. The van der Waals surface area contributed by atoms with Gasteiger partial charge in [0.1, 0.15) is 12.4 Å². The highest BCUT2D eigenvalue weighted by molar-refractivity contribution is 5.20. The molecule has 1 aliphatic rings. The molecule has 1 aromatic heterocycles. The molecule has 1 aromatic carbocycles. The Kier molecular flexibility index (Phi) is 4.22. The molecular weight excluding hydrogens is 254 g/mol. The summed E-state index contributed by atoms with van der Waals surface area (Å²) in [6.45, 7) is 3.45. The average molecular weight is 273 g/mol. The van der Waals surface area contributed by atoms with Gasteiger partial charge in [-0.15, -0.1) is 5.10 Å². The molecule has 106 valence electrons. The fourth-order valence-corrected chi connectivity index (χ4v) is 2.44. The van der Waals surface area contributed by atoms with Gasteiger partial charge < -0.3 is 10.1 Å². The number of para-hydroxylation sites is 1. The van der Waals surface area contributed by atoms with E-state index in [0.29, 0.717) is 12.5 Å². The molecule has 0 spiro atoms. The number of piperidine rings is 1. The van der Waals surface area contributed by atoms with Crippen molar-refractivity contribution in [2.45, 2.75) is 26.0 Å². The molecule has 0 bridgehead atoms. The Morgan fingerprint density at radius 1 is 1.20 bits per heavy atom. The van der Waals surface area contributed by atoms with Gasteiger partial charge in [0.2, 0.25) is 0 Å². The number of nitrogens with zero attached hydrogens (tertiary/aromatic N) is 4. The number of aromatic nitrogens is 4. The van der Waals surface area contributed by atoms with Crippen molar-refractivity contribution in [1.82, 2.24) is 25.5 Å². The standard InChI is InChI=1S/C14H19N5O/c1-2-4-13(5-3-1)20-11-14-16-17-18-19(14)10-12-6-8-15-9-7-12/h1-5,12,15H,6-11H2. The SMILES string of the molecule is c1ccc(OCc2nnnn2CC2CCNCC2)cc1. The van der Waals surface area contributed by atoms with Crippen molar-refractivity contribution >= 4 is 0 Å². The molecule has 1 fully saturated rings. The summed E-state index contributed by atoms with van der Waals surface area (Å²) in [6, 6.07) is 9.73. The highest BCUT2D eigenvalue weighted by atomic mass is 16.5. The third-order valence-electron chi connectivity index (χ3n) is 3.61. The lowest BCUT2D eigenvalue weighted by molar-refractivity contribution is 0.268. The van der Waals surface area contributed by atoms with Crippen LogP contribution in [-0.2, 0) is 13.2 Å². The van der Waals surface area contributed by atoms with Gasteiger partial charge in [-0.1, -0.05) is 18.2 Å². The van der Waals surface area contributed by atoms with Crippen molar-refractivity contribution in [3.05, 3.63) is 36.2 Å². The summed E-state index contributed by atoms with van der Waals surface area (Å²) in [4.78, 5) is 0. The first kappa shape index (κ1) is 13.1. The molecule has 6 nitrogen and oxygen atoms in total. The van der Waals surface area contributed by atoms with Crippen molar-refractivity contribution in [2.75, 3.05) is 13.1 Å². The number of ether oxygens (including phenoxy) is 1. The molecule has 3 rings (SSSR count). The van der Waals surface area contributed by atoms with E-state index >= 15 is 0 Å². The molecular formula is C14H19N5O. The largest absolute Gasteiger partial charge is 0.486 e. The first-order valence-electron chi connectivity index (χ1n) is 7.05. The van der Waals surface area contributed by atoms with Crippen LogP contribution in [0.15, 0.2) is 30.3 Å². The van der Waals surface area contributed by atoms with Crippen LogP contribution in [0.25, 0.3) is 0 Å². The summed E-state index contributed by atoms with van der Waals surface area (Å²) in [6.07, 6.45) is 2.36. The molecule has 1 saturated heterocycles. The summed E-state index contributed by atoms with van der Waals surface area (Å²) in [5.41, 5.74) is 0. The molecule has 0 amide bonds. The first-order valence-corrected chi connectivity index (χ1v) is 7.05. The van der Waals surface area contributed by atoms with Crippen LogP contribution in [0.1, 0.15) is 18.7 Å². The minimum atomic E-state index is 0.405. The lowest BCUT2D eigenvalue weighted by Crippen LogP contribution is -2.30. The van der Waals surface area contributed by atoms with Crippen LogP contribution in [-0.4, -0.2) is 33.3 Å². The third-order valence-corrected chi connectivity index (χ3v) is 3.61. The first-order chi connectivity index (χ1) is 9.92. The Labute approximate surface area is 118 Å². The van der Waals surface area contributed by atoms with E-state index in [9.17, 15) is 0 Å². The van der Waals surface area contributed by atoms with Gasteiger partial charge in [0.15, 0.2) is 5.82 Å². The van der Waals surface area contributed by atoms with E-state index < -0.39 is 0 Å². The second-order valence-corrected chi connectivity index (χ2v) is 5.07. The zero-order valence-corrected chi connectivity index (χ0v) is 11.4. The van der Waals surface area contributed by atoms with Crippen LogP contribution < -0.4 is 10.1 Å². The third kappa shape index (κ3) is 3.33. The van der Waals surface area contributed by atoms with E-state index in [1.807, 2.05) is 35.0 Å². The highest BCUT2D eigenvalue weighted by Crippen LogP contribution is 2.15. The molecule has 20 heavy (non-hydrogen) atoms. The monoisotopic (exact) mass is 273 g/mol. The van der Waals surface area contributed by atoms with Gasteiger partial charge in [0.05, 0.1) is 0 Å². The zero-order valence-electron chi connectivity index (χ0n) is 11.4. The molecule has 1 aliphatic heterocycles. The molecule has 0 saturated carbocycles. The number of tetrazole rings is 1. The molecule has 0 radical (unpaired) electrons. The Morgan fingerprint density at radius 2 is 2.00 bits per heavy atom. The van der Waals surface area contributed by atoms with Gasteiger partial charge in [-0.25, -0.2) is 4.68 Å². The van der Waals surface area contributed by atoms with Crippen molar-refractivity contribution in [1.29, 1.82) is 0 Å². The van der Waals surface area contributed by atoms with Crippen LogP contribution in [0, 0.1) is 5.92 Å². The van der Waals surface area contributed by atoms with Crippen LogP contribution in [0.4, 0.5) is 0 Å². The van der Waals surface area contributed by atoms with E-state index in [1.165, 1.54) is 12.8 Å². The van der Waals surface area contributed by atoms with E-state index in [2.05, 4.69) is 20.8 Å². The van der Waals surface area contributed by atoms with Crippen molar-refractivity contribution in [3.63, 3.8) is 0 Å². The minimum absolute atomic E-state index is 0.405. The maximum Gasteiger partial charge on any atom is 0.189 e. The maximum absolute atomic E-state index is 5.70. The fourth-order valence-electron chi connectivity index (χ4n) is 2.44. The smallest absolute Gasteiger partial charge is 0.189 e. The van der Waals surface area contributed by atoms with E-state index in [-0.39, 0.29) is 0 Å². The van der Waals surface area contributed by atoms with Crippen LogP contribution >= 0.6 is 0 Å². The predicted molar refractivity (Wildman–Crippen MR) is 74.2 cm³/mol. The van der Waals surface area contributed by atoms with Crippen LogP contribution in [0.2, 0.25) is 0 Å². The number of nitrogens with one attached hydrogen (secondary N) is 1. The van der Waals surface area contributed by atoms with Gasteiger partial charge in [-0.2, -0.15) is 0 Å². The van der Waals surface area contributed by atoms with E-state index in [1.54, 1.807) is 0 Å². The normalized spacial score (nSPS) is 16.2. The Balaban J connectivity index is 1.58. The van der Waals surface area contributed by atoms with Gasteiger partial charge in [-0.05, 0) is 54.4 Å². The summed E-state index contributed by atoms with van der Waals surface area (Å²) in [5.74, 6) is 2.27. The maximum atomic E-state index is 5.70. The van der Waals surface area contributed by atoms with Gasteiger partial charge in [0.25, 0.3) is 0 Å². The molecule has 0 unspecified atom stereocenters.